The molecule has 2 heterocycles. The van der Waals surface area contributed by atoms with E-state index < -0.39 is 0 Å². The third kappa shape index (κ3) is 2.55. The van der Waals surface area contributed by atoms with Crippen molar-refractivity contribution in [1.82, 2.24) is 30.4 Å². The fourth-order valence-corrected chi connectivity index (χ4v) is 2.72. The first-order valence-electron chi connectivity index (χ1n) is 7.07. The van der Waals surface area contributed by atoms with Gasteiger partial charge >= 0.3 is 0 Å². The monoisotopic (exact) mass is 356 g/mol. The lowest BCUT2D eigenvalue weighted by atomic mass is 10.1. The average Bonchev–Trinajstić information content (AvgIpc) is 3.26. The number of hydrogen-bond donors (Lipinski definition) is 1. The molecule has 0 amide bonds. The molecule has 4 aromatic rings. The van der Waals surface area contributed by atoms with Crippen molar-refractivity contribution in [3.8, 4) is 28.3 Å². The van der Waals surface area contributed by atoms with Crippen molar-refractivity contribution in [3.63, 3.8) is 0 Å². The van der Waals surface area contributed by atoms with Crippen LogP contribution in [-0.4, -0.2) is 30.4 Å². The Bertz CT molecular complexity index is 993. The predicted octanol–water partition coefficient (Wildman–Crippen LogP) is 4.03. The fraction of sp³-hybridized carbons (Fsp3) is 0. The van der Waals surface area contributed by atoms with Crippen molar-refractivity contribution >= 4 is 23.2 Å². The highest BCUT2D eigenvalue weighted by Gasteiger charge is 2.18. The molecule has 2 aromatic heterocycles. The van der Waals surface area contributed by atoms with Crippen LogP contribution in [0.2, 0.25) is 10.0 Å². The number of rotatable bonds is 3. The van der Waals surface area contributed by atoms with Crippen molar-refractivity contribution < 1.29 is 0 Å². The minimum atomic E-state index is 0.470. The maximum absolute atomic E-state index is 6.12. The highest BCUT2D eigenvalue weighted by atomic mass is 35.5. The quantitative estimate of drug-likeness (QED) is 0.601. The van der Waals surface area contributed by atoms with Crippen molar-refractivity contribution in [3.05, 3.63) is 64.8 Å². The first-order valence-corrected chi connectivity index (χ1v) is 7.82. The van der Waals surface area contributed by atoms with Crippen LogP contribution < -0.4 is 0 Å². The lowest BCUT2D eigenvalue weighted by Gasteiger charge is -2.06. The molecule has 24 heavy (non-hydrogen) atoms. The van der Waals surface area contributed by atoms with Crippen molar-refractivity contribution in [1.29, 1.82) is 0 Å². The summed E-state index contributed by atoms with van der Waals surface area (Å²) in [7, 11) is 0. The van der Waals surface area contributed by atoms with Crippen LogP contribution in [0.25, 0.3) is 28.3 Å². The molecular formula is C16H10Cl2N6. The molecule has 0 spiro atoms. The lowest BCUT2D eigenvalue weighted by Crippen LogP contribution is -1.99. The number of halogens is 2. The fourth-order valence-electron chi connectivity index (χ4n) is 2.43. The maximum Gasteiger partial charge on any atom is 0.190 e. The number of aromatic amines is 1. The number of para-hydroxylation sites is 1. The van der Waals surface area contributed by atoms with Gasteiger partial charge in [-0.15, -0.1) is 5.10 Å². The Labute approximate surface area is 147 Å². The third-order valence-electron chi connectivity index (χ3n) is 3.56. The second kappa shape index (κ2) is 6.07. The molecule has 0 saturated heterocycles. The molecule has 0 atom stereocenters. The summed E-state index contributed by atoms with van der Waals surface area (Å²) >= 11 is 12.1. The topological polar surface area (TPSA) is 72.3 Å². The predicted molar refractivity (Wildman–Crippen MR) is 92.2 cm³/mol. The molecule has 0 saturated carbocycles. The van der Waals surface area contributed by atoms with E-state index in [4.69, 9.17) is 23.2 Å². The van der Waals surface area contributed by atoms with Gasteiger partial charge in [-0.3, -0.25) is 5.10 Å². The van der Waals surface area contributed by atoms with Crippen molar-refractivity contribution in [2.75, 3.05) is 0 Å². The Balaban J connectivity index is 1.85. The van der Waals surface area contributed by atoms with Crippen LogP contribution in [-0.2, 0) is 0 Å². The number of nitrogens with one attached hydrogen (secondary N) is 1. The van der Waals surface area contributed by atoms with Crippen LogP contribution in [0, 0.1) is 0 Å². The molecule has 0 bridgehead atoms. The first-order chi connectivity index (χ1) is 11.7. The van der Waals surface area contributed by atoms with E-state index in [9.17, 15) is 0 Å². The van der Waals surface area contributed by atoms with Gasteiger partial charge in [0.25, 0.3) is 0 Å². The van der Waals surface area contributed by atoms with E-state index in [1.165, 1.54) is 0 Å². The second-order valence-electron chi connectivity index (χ2n) is 5.04. The summed E-state index contributed by atoms with van der Waals surface area (Å²) in [5.74, 6) is 0.580. The lowest BCUT2D eigenvalue weighted by molar-refractivity contribution is 0.791. The van der Waals surface area contributed by atoms with Gasteiger partial charge in [-0.05, 0) is 34.7 Å². The average molecular weight is 357 g/mol. The Morgan fingerprint density at radius 2 is 1.79 bits per heavy atom. The Kier molecular flexibility index (Phi) is 3.76. The highest BCUT2D eigenvalue weighted by Crippen LogP contribution is 2.33. The summed E-state index contributed by atoms with van der Waals surface area (Å²) in [5, 5.41) is 20.1. The minimum Gasteiger partial charge on any atom is -0.277 e. The molecule has 0 aliphatic heterocycles. The zero-order chi connectivity index (χ0) is 16.5. The van der Waals surface area contributed by atoms with Gasteiger partial charge < -0.3 is 0 Å². The number of benzene rings is 2. The smallest absolute Gasteiger partial charge is 0.190 e. The molecule has 0 aliphatic rings. The molecule has 0 aliphatic carbocycles. The zero-order valence-corrected chi connectivity index (χ0v) is 13.7. The van der Waals surface area contributed by atoms with Crippen LogP contribution in [0.1, 0.15) is 0 Å². The Hall–Kier alpha value is -2.70. The summed E-state index contributed by atoms with van der Waals surface area (Å²) in [5.41, 5.74) is 3.24. The molecule has 4 rings (SSSR count). The van der Waals surface area contributed by atoms with E-state index in [0.29, 0.717) is 15.9 Å². The standard InChI is InChI=1S/C16H10Cl2N6/c17-13-7-6-10(8-14(13)18)15-12(9-19-20-15)16-21-22-23-24(16)11-4-2-1-3-5-11/h1-9H,(H,19,20). The number of H-pyrrole nitrogens is 1. The molecule has 8 heteroatoms. The number of hydrogen-bond acceptors (Lipinski definition) is 4. The first kappa shape index (κ1) is 14.9. The van der Waals surface area contributed by atoms with E-state index in [0.717, 1.165) is 22.5 Å². The van der Waals surface area contributed by atoms with Crippen LogP contribution in [0.5, 0.6) is 0 Å². The van der Waals surface area contributed by atoms with Gasteiger partial charge in [0.1, 0.15) is 0 Å². The van der Waals surface area contributed by atoms with Gasteiger partial charge in [0.2, 0.25) is 0 Å². The third-order valence-corrected chi connectivity index (χ3v) is 4.30. The summed E-state index contributed by atoms with van der Waals surface area (Å²) < 4.78 is 1.66. The zero-order valence-electron chi connectivity index (χ0n) is 12.2. The van der Waals surface area contributed by atoms with E-state index in [1.807, 2.05) is 36.4 Å². The van der Waals surface area contributed by atoms with Crippen LogP contribution in [0.15, 0.2) is 54.7 Å². The van der Waals surface area contributed by atoms with Gasteiger partial charge in [-0.2, -0.15) is 9.78 Å². The van der Waals surface area contributed by atoms with E-state index >= 15 is 0 Å². The van der Waals surface area contributed by atoms with Crippen LogP contribution >= 0.6 is 23.2 Å². The molecule has 0 fully saturated rings. The van der Waals surface area contributed by atoms with E-state index in [-0.39, 0.29) is 0 Å². The molecule has 118 valence electrons. The van der Waals surface area contributed by atoms with Gasteiger partial charge in [0.05, 0.1) is 33.2 Å². The molecule has 0 radical (unpaired) electrons. The van der Waals surface area contributed by atoms with Crippen LogP contribution in [0.4, 0.5) is 0 Å². The molecule has 0 unspecified atom stereocenters. The highest BCUT2D eigenvalue weighted by molar-refractivity contribution is 6.42. The maximum atomic E-state index is 6.12. The Morgan fingerprint density at radius 3 is 2.58 bits per heavy atom. The van der Waals surface area contributed by atoms with Gasteiger partial charge in [0.15, 0.2) is 5.82 Å². The van der Waals surface area contributed by atoms with Gasteiger partial charge in [0, 0.05) is 5.56 Å². The van der Waals surface area contributed by atoms with Gasteiger partial charge in [-0.1, -0.05) is 47.5 Å². The minimum absolute atomic E-state index is 0.470. The van der Waals surface area contributed by atoms with Crippen LogP contribution in [0.3, 0.4) is 0 Å². The molecule has 2 aromatic carbocycles. The normalized spacial score (nSPS) is 10.9. The molecule has 6 nitrogen and oxygen atoms in total. The largest absolute Gasteiger partial charge is 0.277 e. The molecular weight excluding hydrogens is 347 g/mol. The van der Waals surface area contributed by atoms with Gasteiger partial charge in [-0.25, -0.2) is 0 Å². The number of aromatic nitrogens is 6. The Morgan fingerprint density at radius 1 is 0.958 bits per heavy atom. The summed E-state index contributed by atoms with van der Waals surface area (Å²) in [6.45, 7) is 0. The summed E-state index contributed by atoms with van der Waals surface area (Å²) in [4.78, 5) is 0. The van der Waals surface area contributed by atoms with Crippen molar-refractivity contribution in [2.45, 2.75) is 0 Å². The summed E-state index contributed by atoms with van der Waals surface area (Å²) in [6.07, 6.45) is 1.68. The number of nitrogens with zero attached hydrogens (tertiary/aromatic N) is 5. The number of tetrazole rings is 1. The van der Waals surface area contributed by atoms with E-state index in [1.54, 1.807) is 23.0 Å². The van der Waals surface area contributed by atoms with E-state index in [2.05, 4.69) is 25.7 Å². The second-order valence-corrected chi connectivity index (χ2v) is 5.85. The SMILES string of the molecule is Clc1ccc(-c2[nH]ncc2-c2nnnn2-c2ccccc2)cc1Cl. The van der Waals surface area contributed by atoms with Crippen molar-refractivity contribution in [2.24, 2.45) is 0 Å². The summed E-state index contributed by atoms with van der Waals surface area (Å²) in [6, 6.07) is 15.0. The molecule has 1 N–H and O–H groups in total.